The van der Waals surface area contributed by atoms with Gasteiger partial charge in [0.2, 0.25) is 5.91 Å². The number of carbonyl (C=O) groups is 3. The molecule has 2 saturated heterocycles. The lowest BCUT2D eigenvalue weighted by Gasteiger charge is -2.39. The molecule has 4 rings (SSSR count). The molecule has 1 aromatic carbocycles. The number of nitrogens with one attached hydrogen (secondary N) is 1. The Morgan fingerprint density at radius 1 is 1.14 bits per heavy atom. The molecule has 1 aromatic rings. The second-order valence-electron chi connectivity index (χ2n) is 8.14. The molecule has 0 saturated carbocycles. The molecule has 1 amide bonds. The number of hydrogen-bond acceptors (Lipinski definition) is 5. The fourth-order valence-electron chi connectivity index (χ4n) is 4.95. The number of carbonyl (C=O) groups excluding carboxylic acids is 3. The number of nitrogens with zero attached hydrogens (tertiary/aromatic N) is 1. The van der Waals surface area contributed by atoms with E-state index in [2.05, 4.69) is 17.4 Å². The van der Waals surface area contributed by atoms with Gasteiger partial charge in [0, 0.05) is 23.9 Å². The lowest BCUT2D eigenvalue weighted by molar-refractivity contribution is -0.146. The van der Waals surface area contributed by atoms with Crippen molar-refractivity contribution < 1.29 is 14.4 Å². The summed E-state index contributed by atoms with van der Waals surface area (Å²) < 4.78 is 0. The summed E-state index contributed by atoms with van der Waals surface area (Å²) in [7, 11) is 0. The standard InChI is InChI=1S/C22H26N2O3S/c25-13-17-20(19(28)12-23-17)21(26)18-7-3-4-10-24(18)22(27)16-9-8-14-5-1-2-6-15(14)11-16/h1-2,5-6,13,16-18,20,23H,3-4,7-12H2/t16?,17-,18?,20?/m1/s1. The zero-order chi connectivity index (χ0) is 19.7. The maximum atomic E-state index is 13.4. The van der Waals surface area contributed by atoms with Crippen LogP contribution in [-0.4, -0.2) is 52.9 Å². The molecule has 28 heavy (non-hydrogen) atoms. The minimum atomic E-state index is -0.585. The minimum absolute atomic E-state index is 0.0589. The fraction of sp³-hybridized carbons (Fsp3) is 0.545. The normalized spacial score (nSPS) is 30.0. The molecule has 4 atom stereocenters. The number of thiocarbonyl (C=S) groups is 1. The summed E-state index contributed by atoms with van der Waals surface area (Å²) in [4.78, 5) is 40.4. The van der Waals surface area contributed by atoms with Gasteiger partial charge in [-0.15, -0.1) is 0 Å². The smallest absolute Gasteiger partial charge is 0.226 e. The van der Waals surface area contributed by atoms with Crippen molar-refractivity contribution in [1.29, 1.82) is 0 Å². The van der Waals surface area contributed by atoms with Gasteiger partial charge in [0.05, 0.1) is 18.0 Å². The van der Waals surface area contributed by atoms with Crippen LogP contribution in [-0.2, 0) is 27.2 Å². The highest BCUT2D eigenvalue weighted by atomic mass is 32.1. The predicted molar refractivity (Wildman–Crippen MR) is 110 cm³/mol. The zero-order valence-electron chi connectivity index (χ0n) is 15.9. The number of Topliss-reactive ketones (excluding diaryl/α,β-unsaturated/α-hetero) is 1. The molecule has 3 aliphatic rings. The number of fused-ring (bicyclic) bond motifs is 1. The van der Waals surface area contributed by atoms with Gasteiger partial charge in [-0.1, -0.05) is 36.5 Å². The number of aldehydes is 1. The third kappa shape index (κ3) is 3.55. The van der Waals surface area contributed by atoms with Gasteiger partial charge in [-0.25, -0.2) is 0 Å². The first-order valence-electron chi connectivity index (χ1n) is 10.2. The van der Waals surface area contributed by atoms with Crippen molar-refractivity contribution in [3.63, 3.8) is 0 Å². The molecule has 148 valence electrons. The van der Waals surface area contributed by atoms with Crippen molar-refractivity contribution in [2.45, 2.75) is 50.6 Å². The number of aryl methyl sites for hydroxylation is 1. The monoisotopic (exact) mass is 398 g/mol. The Kier molecular flexibility index (Phi) is 5.69. The maximum absolute atomic E-state index is 13.4. The summed E-state index contributed by atoms with van der Waals surface area (Å²) in [5, 5.41) is 3.01. The van der Waals surface area contributed by atoms with Crippen LogP contribution >= 0.6 is 12.2 Å². The summed E-state index contributed by atoms with van der Waals surface area (Å²) in [6.45, 7) is 1.03. The SMILES string of the molecule is O=C[C@H]1NCC(=S)C1C(=O)C1CCCCN1C(=O)C1CCc2ccccc2C1. The van der Waals surface area contributed by atoms with Gasteiger partial charge < -0.3 is 15.0 Å². The van der Waals surface area contributed by atoms with E-state index in [1.54, 1.807) is 4.90 Å². The van der Waals surface area contributed by atoms with Crippen molar-refractivity contribution in [3.8, 4) is 0 Å². The van der Waals surface area contributed by atoms with E-state index in [-0.39, 0.29) is 17.6 Å². The summed E-state index contributed by atoms with van der Waals surface area (Å²) in [5.74, 6) is -0.625. The molecule has 2 fully saturated rings. The molecule has 0 radical (unpaired) electrons. The van der Waals surface area contributed by atoms with Crippen LogP contribution in [0.2, 0.25) is 0 Å². The van der Waals surface area contributed by atoms with Crippen LogP contribution in [0.25, 0.3) is 0 Å². The Morgan fingerprint density at radius 2 is 1.93 bits per heavy atom. The van der Waals surface area contributed by atoms with E-state index in [1.165, 1.54) is 11.1 Å². The topological polar surface area (TPSA) is 66.5 Å². The number of likely N-dealkylation sites (tertiary alicyclic amines) is 1. The Bertz CT molecular complexity index is 809. The van der Waals surface area contributed by atoms with Crippen LogP contribution in [0.1, 0.15) is 36.8 Å². The van der Waals surface area contributed by atoms with E-state index >= 15 is 0 Å². The first-order chi connectivity index (χ1) is 13.6. The summed E-state index contributed by atoms with van der Waals surface area (Å²) in [6.07, 6.45) is 5.76. The number of rotatable bonds is 4. The van der Waals surface area contributed by atoms with Gasteiger partial charge in [0.25, 0.3) is 0 Å². The van der Waals surface area contributed by atoms with E-state index in [9.17, 15) is 14.4 Å². The van der Waals surface area contributed by atoms with E-state index in [4.69, 9.17) is 12.2 Å². The Labute approximate surface area is 170 Å². The molecule has 1 N–H and O–H groups in total. The van der Waals surface area contributed by atoms with E-state index in [0.29, 0.717) is 24.4 Å². The molecular formula is C22H26N2O3S. The van der Waals surface area contributed by atoms with Gasteiger partial charge >= 0.3 is 0 Å². The van der Waals surface area contributed by atoms with Gasteiger partial charge in [-0.05, 0) is 49.7 Å². The van der Waals surface area contributed by atoms with Crippen LogP contribution in [0.4, 0.5) is 0 Å². The van der Waals surface area contributed by atoms with Gasteiger partial charge in [0.15, 0.2) is 5.78 Å². The Balaban J connectivity index is 1.52. The maximum Gasteiger partial charge on any atom is 0.226 e. The lowest BCUT2D eigenvalue weighted by atomic mass is 9.81. The summed E-state index contributed by atoms with van der Waals surface area (Å²) in [5.41, 5.74) is 2.57. The van der Waals surface area contributed by atoms with E-state index in [0.717, 1.165) is 38.4 Å². The van der Waals surface area contributed by atoms with Gasteiger partial charge in [-0.3, -0.25) is 9.59 Å². The van der Waals surface area contributed by atoms with E-state index in [1.807, 2.05) is 12.1 Å². The first kappa shape index (κ1) is 19.4. The van der Waals surface area contributed by atoms with Crippen molar-refractivity contribution in [2.24, 2.45) is 11.8 Å². The molecule has 3 unspecified atom stereocenters. The highest BCUT2D eigenvalue weighted by Crippen LogP contribution is 2.30. The van der Waals surface area contributed by atoms with Crippen LogP contribution in [0.3, 0.4) is 0 Å². The number of piperidine rings is 1. The third-order valence-corrected chi connectivity index (χ3v) is 6.88. The van der Waals surface area contributed by atoms with Gasteiger partial charge in [-0.2, -0.15) is 0 Å². The average molecular weight is 399 g/mol. The molecule has 0 spiro atoms. The highest BCUT2D eigenvalue weighted by Gasteiger charge is 2.44. The molecule has 1 aliphatic carbocycles. The Morgan fingerprint density at radius 3 is 2.71 bits per heavy atom. The highest BCUT2D eigenvalue weighted by molar-refractivity contribution is 7.80. The average Bonchev–Trinajstić information content (AvgIpc) is 3.12. The Hall–Kier alpha value is -1.92. The van der Waals surface area contributed by atoms with Crippen LogP contribution < -0.4 is 5.32 Å². The number of amides is 1. The quantitative estimate of drug-likeness (QED) is 0.620. The second-order valence-corrected chi connectivity index (χ2v) is 8.67. The largest absolute Gasteiger partial charge is 0.332 e. The second kappa shape index (κ2) is 8.21. The number of benzene rings is 1. The molecular weight excluding hydrogens is 372 g/mol. The summed E-state index contributed by atoms with van der Waals surface area (Å²) >= 11 is 5.36. The molecule has 0 aromatic heterocycles. The van der Waals surface area contributed by atoms with Crippen molar-refractivity contribution in [1.82, 2.24) is 10.2 Å². The third-order valence-electron chi connectivity index (χ3n) is 6.48. The van der Waals surface area contributed by atoms with Gasteiger partial charge in [0.1, 0.15) is 6.29 Å². The molecule has 2 aliphatic heterocycles. The van der Waals surface area contributed by atoms with Crippen molar-refractivity contribution in [3.05, 3.63) is 35.4 Å². The zero-order valence-corrected chi connectivity index (χ0v) is 16.7. The fourth-order valence-corrected chi connectivity index (χ4v) is 5.30. The molecule has 0 bridgehead atoms. The van der Waals surface area contributed by atoms with Crippen LogP contribution in [0, 0.1) is 11.8 Å². The van der Waals surface area contributed by atoms with Crippen molar-refractivity contribution >= 4 is 35.1 Å². The first-order valence-corrected chi connectivity index (χ1v) is 10.6. The summed E-state index contributed by atoms with van der Waals surface area (Å²) in [6, 6.07) is 7.29. The minimum Gasteiger partial charge on any atom is -0.332 e. The molecule has 5 nitrogen and oxygen atoms in total. The number of hydrogen-bond donors (Lipinski definition) is 1. The number of ketones is 1. The van der Waals surface area contributed by atoms with E-state index < -0.39 is 18.0 Å². The van der Waals surface area contributed by atoms with Crippen molar-refractivity contribution in [2.75, 3.05) is 13.1 Å². The molecule has 2 heterocycles. The lowest BCUT2D eigenvalue weighted by Crippen LogP contribution is -2.54. The van der Waals surface area contributed by atoms with Crippen LogP contribution in [0.5, 0.6) is 0 Å². The predicted octanol–water partition coefficient (Wildman–Crippen LogP) is 1.90. The molecule has 6 heteroatoms. The van der Waals surface area contributed by atoms with Crippen LogP contribution in [0.15, 0.2) is 24.3 Å².